The summed E-state index contributed by atoms with van der Waals surface area (Å²) in [6.45, 7) is 0. The molecule has 0 bridgehead atoms. The third kappa shape index (κ3) is 3.31. The molecule has 0 spiro atoms. The molecule has 122 valence electrons. The van der Waals surface area contributed by atoms with Crippen molar-refractivity contribution in [3.05, 3.63) is 41.5 Å². The summed E-state index contributed by atoms with van der Waals surface area (Å²) in [5, 5.41) is 20.2. The van der Waals surface area contributed by atoms with Crippen molar-refractivity contribution in [2.45, 2.75) is 6.42 Å². The molecule has 0 unspecified atom stereocenters. The largest absolute Gasteiger partial charge is 0.507 e. The molecule has 0 atom stereocenters. The molecule has 0 aromatic heterocycles. The van der Waals surface area contributed by atoms with Crippen LogP contribution in [0.25, 0.3) is 0 Å². The first-order valence-corrected chi connectivity index (χ1v) is 6.84. The van der Waals surface area contributed by atoms with Gasteiger partial charge in [-0.25, -0.2) is 0 Å². The summed E-state index contributed by atoms with van der Waals surface area (Å²) >= 11 is 0. The van der Waals surface area contributed by atoms with E-state index in [0.29, 0.717) is 5.75 Å². The zero-order valence-corrected chi connectivity index (χ0v) is 13.1. The molecule has 0 saturated carbocycles. The van der Waals surface area contributed by atoms with Gasteiger partial charge in [0, 0.05) is 12.5 Å². The zero-order chi connectivity index (χ0) is 17.0. The smallest absolute Gasteiger partial charge is 0.204 e. The number of hydrogen-bond acceptors (Lipinski definition) is 6. The maximum atomic E-state index is 12.4. The molecular weight excluding hydrogens is 300 g/mol. The summed E-state index contributed by atoms with van der Waals surface area (Å²) < 4.78 is 15.1. The van der Waals surface area contributed by atoms with Crippen LogP contribution in [0.2, 0.25) is 0 Å². The highest BCUT2D eigenvalue weighted by Crippen LogP contribution is 2.44. The minimum Gasteiger partial charge on any atom is -0.507 e. The second-order valence-corrected chi connectivity index (χ2v) is 4.80. The number of ketones is 1. The lowest BCUT2D eigenvalue weighted by atomic mass is 10.0. The highest BCUT2D eigenvalue weighted by atomic mass is 16.5. The second kappa shape index (κ2) is 6.91. The molecule has 0 radical (unpaired) electrons. The van der Waals surface area contributed by atoms with Crippen molar-refractivity contribution in [3.8, 4) is 28.7 Å². The molecule has 0 aliphatic heterocycles. The minimum atomic E-state index is -0.442. The first kappa shape index (κ1) is 16.5. The van der Waals surface area contributed by atoms with Crippen LogP contribution in [0.4, 0.5) is 0 Å². The van der Waals surface area contributed by atoms with Gasteiger partial charge in [0.15, 0.2) is 17.3 Å². The van der Waals surface area contributed by atoms with Crippen molar-refractivity contribution < 1.29 is 29.2 Å². The minimum absolute atomic E-state index is 0.00313. The molecule has 0 saturated heterocycles. The fourth-order valence-electron chi connectivity index (χ4n) is 2.25. The standard InChI is InChI=1S/C17H18O6/c1-21-11-6-4-10(5-7-11)8-12(18)15-13(19)9-14(22-2)17(23-3)16(15)20/h4-7,9,19-20H,8H2,1-3H3. The second-order valence-electron chi connectivity index (χ2n) is 4.80. The molecule has 0 aliphatic carbocycles. The van der Waals surface area contributed by atoms with Gasteiger partial charge in [0.05, 0.1) is 21.3 Å². The van der Waals surface area contributed by atoms with Crippen LogP contribution in [-0.2, 0) is 6.42 Å². The van der Waals surface area contributed by atoms with E-state index in [1.807, 2.05) is 0 Å². The number of hydrogen-bond donors (Lipinski definition) is 2. The number of ether oxygens (including phenoxy) is 3. The number of Topliss-reactive ketones (excluding diaryl/α,β-unsaturated/α-hetero) is 1. The lowest BCUT2D eigenvalue weighted by Gasteiger charge is -2.14. The maximum Gasteiger partial charge on any atom is 0.204 e. The normalized spacial score (nSPS) is 10.2. The number of carbonyl (C=O) groups is 1. The van der Waals surface area contributed by atoms with Gasteiger partial charge in [0.25, 0.3) is 0 Å². The van der Waals surface area contributed by atoms with E-state index in [-0.39, 0.29) is 29.2 Å². The molecule has 2 rings (SSSR count). The van der Waals surface area contributed by atoms with Crippen LogP contribution in [-0.4, -0.2) is 37.3 Å². The molecule has 23 heavy (non-hydrogen) atoms. The molecule has 2 aromatic rings. The van der Waals surface area contributed by atoms with E-state index in [4.69, 9.17) is 14.2 Å². The Balaban J connectivity index is 2.34. The molecule has 0 fully saturated rings. The fourth-order valence-corrected chi connectivity index (χ4v) is 2.25. The monoisotopic (exact) mass is 318 g/mol. The number of phenolic OH excluding ortho intramolecular Hbond substituents is 2. The Bertz CT molecular complexity index is 706. The number of benzene rings is 2. The van der Waals surface area contributed by atoms with Gasteiger partial charge in [0.1, 0.15) is 17.1 Å². The van der Waals surface area contributed by atoms with Crippen molar-refractivity contribution in [1.29, 1.82) is 0 Å². The van der Waals surface area contributed by atoms with Crippen molar-refractivity contribution >= 4 is 5.78 Å². The van der Waals surface area contributed by atoms with Gasteiger partial charge < -0.3 is 24.4 Å². The third-order valence-corrected chi connectivity index (χ3v) is 3.43. The molecule has 0 aliphatic rings. The average Bonchev–Trinajstić information content (AvgIpc) is 2.55. The van der Waals surface area contributed by atoms with E-state index >= 15 is 0 Å². The van der Waals surface area contributed by atoms with E-state index < -0.39 is 11.5 Å². The van der Waals surface area contributed by atoms with Crippen LogP contribution < -0.4 is 14.2 Å². The first-order chi connectivity index (χ1) is 11.0. The summed E-state index contributed by atoms with van der Waals surface area (Å²) in [5.74, 6) is -0.419. The van der Waals surface area contributed by atoms with Crippen LogP contribution in [0, 0.1) is 0 Å². The van der Waals surface area contributed by atoms with Crippen LogP contribution in [0.1, 0.15) is 15.9 Å². The SMILES string of the molecule is COc1ccc(CC(=O)c2c(O)cc(OC)c(OC)c2O)cc1. The van der Waals surface area contributed by atoms with Crippen molar-refractivity contribution in [2.75, 3.05) is 21.3 Å². The average molecular weight is 318 g/mol. The molecular formula is C17H18O6. The number of aromatic hydroxyl groups is 2. The highest BCUT2D eigenvalue weighted by Gasteiger charge is 2.24. The van der Waals surface area contributed by atoms with E-state index in [1.54, 1.807) is 31.4 Å². The summed E-state index contributed by atoms with van der Waals surface area (Å²) in [7, 11) is 4.27. The van der Waals surface area contributed by atoms with Gasteiger partial charge in [0.2, 0.25) is 5.75 Å². The summed E-state index contributed by atoms with van der Waals surface area (Å²) in [4.78, 5) is 12.4. The zero-order valence-electron chi connectivity index (χ0n) is 13.1. The van der Waals surface area contributed by atoms with Gasteiger partial charge in [-0.3, -0.25) is 4.79 Å². The van der Waals surface area contributed by atoms with Gasteiger partial charge in [-0.05, 0) is 17.7 Å². The van der Waals surface area contributed by atoms with Gasteiger partial charge in [-0.1, -0.05) is 12.1 Å². The predicted octanol–water partition coefficient (Wildman–Crippen LogP) is 2.55. The predicted molar refractivity (Wildman–Crippen MR) is 83.9 cm³/mol. The van der Waals surface area contributed by atoms with Crippen molar-refractivity contribution in [1.82, 2.24) is 0 Å². The Morgan fingerprint density at radius 2 is 1.65 bits per heavy atom. The topological polar surface area (TPSA) is 85.2 Å². The Hall–Kier alpha value is -2.89. The summed E-state index contributed by atoms with van der Waals surface area (Å²) in [6, 6.07) is 8.19. The van der Waals surface area contributed by atoms with Crippen molar-refractivity contribution in [2.24, 2.45) is 0 Å². The van der Waals surface area contributed by atoms with Crippen LogP contribution in [0.3, 0.4) is 0 Å². The molecule has 2 aromatic carbocycles. The molecule has 0 amide bonds. The van der Waals surface area contributed by atoms with Crippen LogP contribution in [0.15, 0.2) is 30.3 Å². The summed E-state index contributed by atoms with van der Waals surface area (Å²) in [6.07, 6.45) is 0.0145. The Kier molecular flexibility index (Phi) is 4.95. The number of rotatable bonds is 6. The van der Waals surface area contributed by atoms with E-state index in [9.17, 15) is 15.0 Å². The summed E-state index contributed by atoms with van der Waals surface area (Å²) in [5.41, 5.74) is 0.530. The van der Waals surface area contributed by atoms with Gasteiger partial charge in [-0.15, -0.1) is 0 Å². The van der Waals surface area contributed by atoms with Crippen LogP contribution >= 0.6 is 0 Å². The van der Waals surface area contributed by atoms with Crippen molar-refractivity contribution in [3.63, 3.8) is 0 Å². The Morgan fingerprint density at radius 1 is 1.00 bits per heavy atom. The highest BCUT2D eigenvalue weighted by molar-refractivity contribution is 6.03. The van der Waals surface area contributed by atoms with Gasteiger partial charge >= 0.3 is 0 Å². The molecule has 0 heterocycles. The maximum absolute atomic E-state index is 12.4. The quantitative estimate of drug-likeness (QED) is 0.796. The fraction of sp³-hybridized carbons (Fsp3) is 0.235. The lowest BCUT2D eigenvalue weighted by molar-refractivity contribution is 0.0987. The van der Waals surface area contributed by atoms with Crippen LogP contribution in [0.5, 0.6) is 28.7 Å². The molecule has 6 nitrogen and oxygen atoms in total. The number of carbonyl (C=O) groups excluding carboxylic acids is 1. The van der Waals surface area contributed by atoms with E-state index in [2.05, 4.69) is 0 Å². The molecule has 2 N–H and O–H groups in total. The number of phenols is 2. The number of methoxy groups -OCH3 is 3. The Morgan fingerprint density at radius 3 is 2.17 bits per heavy atom. The molecule has 6 heteroatoms. The van der Waals surface area contributed by atoms with E-state index in [0.717, 1.165) is 5.56 Å². The Labute approximate surface area is 133 Å². The lowest BCUT2D eigenvalue weighted by Crippen LogP contribution is -2.06. The van der Waals surface area contributed by atoms with Gasteiger partial charge in [-0.2, -0.15) is 0 Å². The third-order valence-electron chi connectivity index (χ3n) is 3.43. The first-order valence-electron chi connectivity index (χ1n) is 6.84. The van der Waals surface area contributed by atoms with E-state index in [1.165, 1.54) is 20.3 Å².